The maximum atomic E-state index is 2.58. The van der Waals surface area contributed by atoms with Gasteiger partial charge in [0.2, 0.25) is 5.52 Å². The van der Waals surface area contributed by atoms with Gasteiger partial charge in [-0.3, -0.25) is 0 Å². The first-order chi connectivity index (χ1) is 13.9. The van der Waals surface area contributed by atoms with Gasteiger partial charge in [-0.25, -0.2) is 4.57 Å². The minimum atomic E-state index is -1.56. The van der Waals surface area contributed by atoms with Gasteiger partial charge in [0.1, 0.15) is 7.05 Å². The van der Waals surface area contributed by atoms with Crippen LogP contribution in [0.5, 0.6) is 0 Å². The second-order valence-corrected chi connectivity index (χ2v) is 14.5. The Balaban J connectivity index is 2.14. The van der Waals surface area contributed by atoms with Crippen LogP contribution < -0.4 is 9.75 Å². The lowest BCUT2D eigenvalue weighted by molar-refractivity contribution is -0.643. The summed E-state index contributed by atoms with van der Waals surface area (Å²) in [4.78, 5) is 0. The molecule has 0 aliphatic rings. The van der Waals surface area contributed by atoms with E-state index in [-0.39, 0.29) is 0 Å². The van der Waals surface area contributed by atoms with Gasteiger partial charge in [-0.2, -0.15) is 0 Å². The predicted octanol–water partition coefficient (Wildman–Crippen LogP) is 5.67. The lowest BCUT2D eigenvalue weighted by Gasteiger charge is -2.22. The third kappa shape index (κ3) is 2.03. The zero-order valence-corrected chi connectivity index (χ0v) is 18.7. The Bertz CT molecular complexity index is 1600. The largest absolute Gasteiger partial charge is 0.308 e. The summed E-state index contributed by atoms with van der Waals surface area (Å²) in [7, 11) is 0.626. The highest BCUT2D eigenvalue weighted by atomic mass is 28.3. The van der Waals surface area contributed by atoms with Crippen molar-refractivity contribution in [2.45, 2.75) is 26.6 Å². The number of benzene rings is 3. The van der Waals surface area contributed by atoms with Crippen LogP contribution in [0.3, 0.4) is 0 Å². The van der Waals surface area contributed by atoms with Crippen molar-refractivity contribution in [3.8, 4) is 0 Å². The summed E-state index contributed by atoms with van der Waals surface area (Å²) >= 11 is 0. The molecule has 142 valence electrons. The molecule has 0 saturated carbocycles. The third-order valence-corrected chi connectivity index (χ3v) is 8.61. The van der Waals surface area contributed by atoms with Gasteiger partial charge < -0.3 is 4.40 Å². The maximum absolute atomic E-state index is 2.58. The van der Waals surface area contributed by atoms with Gasteiger partial charge in [-0.15, -0.1) is 0 Å². The number of nitrogens with zero attached hydrogens (tertiary/aromatic N) is 2. The molecule has 0 aliphatic heterocycles. The van der Waals surface area contributed by atoms with E-state index in [0.717, 1.165) is 0 Å². The predicted molar refractivity (Wildman–Crippen MR) is 128 cm³/mol. The minimum Gasteiger partial charge on any atom is -0.308 e. The van der Waals surface area contributed by atoms with Gasteiger partial charge in [-0.1, -0.05) is 62.1 Å². The highest BCUT2D eigenvalue weighted by Crippen LogP contribution is 2.40. The summed E-state index contributed by atoms with van der Waals surface area (Å²) < 4.78 is 4.90. The molecule has 0 spiro atoms. The number of aryl methyl sites for hydroxylation is 2. The molecule has 3 aromatic heterocycles. The van der Waals surface area contributed by atoms with E-state index in [1.54, 1.807) is 0 Å². The fourth-order valence-corrected chi connectivity index (χ4v) is 6.80. The van der Waals surface area contributed by atoms with Gasteiger partial charge in [0.15, 0.2) is 6.20 Å². The van der Waals surface area contributed by atoms with E-state index in [9.17, 15) is 0 Å². The molecule has 6 rings (SSSR count). The second-order valence-electron chi connectivity index (χ2n) is 9.46. The Morgan fingerprint density at radius 3 is 2.38 bits per heavy atom. The van der Waals surface area contributed by atoms with Crippen molar-refractivity contribution < 1.29 is 4.57 Å². The Morgan fingerprint density at radius 2 is 1.59 bits per heavy atom. The number of hydrogen-bond acceptors (Lipinski definition) is 0. The lowest BCUT2D eigenvalue weighted by atomic mass is 10.00. The standard InChI is InChI=1S/C26H25N2Si/c1-16-10-12-19-18-8-6-7-9-20(18)28-24(19)22(16)26-23-17(14-15-27(26)2)11-13-21(25(23)28)29(3,4)5/h6-15H,1-5H3/q+1. The number of pyridine rings is 2. The molecule has 0 bridgehead atoms. The average Bonchev–Trinajstić information content (AvgIpc) is 3.02. The molecular formula is C26H25N2Si+. The fraction of sp³-hybridized carbons (Fsp3) is 0.192. The van der Waals surface area contributed by atoms with Crippen molar-refractivity contribution >= 4 is 62.3 Å². The monoisotopic (exact) mass is 393 g/mol. The molecular weight excluding hydrogens is 368 g/mol. The van der Waals surface area contributed by atoms with Crippen molar-refractivity contribution in [3.63, 3.8) is 0 Å². The first-order valence-corrected chi connectivity index (χ1v) is 13.9. The van der Waals surface area contributed by atoms with Gasteiger partial charge >= 0.3 is 0 Å². The summed E-state index contributed by atoms with van der Waals surface area (Å²) in [6.45, 7) is 9.63. The molecule has 0 N–H and O–H groups in total. The van der Waals surface area contributed by atoms with Gasteiger partial charge in [0.25, 0.3) is 0 Å². The Morgan fingerprint density at radius 1 is 0.793 bits per heavy atom. The van der Waals surface area contributed by atoms with Gasteiger partial charge in [-0.05, 0) is 29.1 Å². The normalized spacial score (nSPS) is 13.0. The number of hydrogen-bond donors (Lipinski definition) is 0. The Hall–Kier alpha value is -2.91. The first-order valence-electron chi connectivity index (χ1n) is 10.4. The molecule has 0 saturated heterocycles. The molecule has 3 aromatic carbocycles. The quantitative estimate of drug-likeness (QED) is 0.147. The zero-order valence-electron chi connectivity index (χ0n) is 17.7. The Kier molecular flexibility index (Phi) is 3.14. The molecule has 0 fully saturated rings. The summed E-state index contributed by atoms with van der Waals surface area (Å²) in [6, 6.07) is 20.5. The van der Waals surface area contributed by atoms with Crippen LogP contribution in [0.25, 0.3) is 49.0 Å². The van der Waals surface area contributed by atoms with Crippen LogP contribution in [0, 0.1) is 6.92 Å². The van der Waals surface area contributed by atoms with E-state index in [4.69, 9.17) is 0 Å². The van der Waals surface area contributed by atoms with Crippen LogP contribution in [-0.4, -0.2) is 12.5 Å². The zero-order chi connectivity index (χ0) is 20.1. The van der Waals surface area contributed by atoms with E-state index < -0.39 is 8.07 Å². The lowest BCUT2D eigenvalue weighted by Crippen LogP contribution is -2.39. The van der Waals surface area contributed by atoms with Crippen molar-refractivity contribution in [2.24, 2.45) is 7.05 Å². The highest BCUT2D eigenvalue weighted by molar-refractivity contribution is 6.90. The topological polar surface area (TPSA) is 8.29 Å². The van der Waals surface area contributed by atoms with Gasteiger partial charge in [0.05, 0.1) is 35.4 Å². The van der Waals surface area contributed by atoms with E-state index in [2.05, 4.69) is 103 Å². The molecule has 6 aromatic rings. The molecule has 0 unspecified atom stereocenters. The van der Waals surface area contributed by atoms with E-state index in [1.807, 2.05) is 0 Å². The number of para-hydroxylation sites is 1. The van der Waals surface area contributed by atoms with Crippen molar-refractivity contribution in [1.29, 1.82) is 0 Å². The highest BCUT2D eigenvalue weighted by Gasteiger charge is 2.28. The van der Waals surface area contributed by atoms with E-state index in [0.29, 0.717) is 0 Å². The molecule has 3 heterocycles. The molecule has 0 radical (unpaired) electrons. The molecule has 0 atom stereocenters. The van der Waals surface area contributed by atoms with E-state index >= 15 is 0 Å². The van der Waals surface area contributed by atoms with Crippen LogP contribution in [0.1, 0.15) is 5.56 Å². The molecule has 29 heavy (non-hydrogen) atoms. The van der Waals surface area contributed by atoms with Gasteiger partial charge in [0, 0.05) is 16.8 Å². The molecule has 0 aliphatic carbocycles. The van der Waals surface area contributed by atoms with Crippen molar-refractivity contribution in [3.05, 3.63) is 66.4 Å². The van der Waals surface area contributed by atoms with Crippen LogP contribution in [0.2, 0.25) is 19.6 Å². The summed E-state index contributed by atoms with van der Waals surface area (Å²) in [6.07, 6.45) is 2.21. The SMILES string of the molecule is Cc1ccc2c3ccccc3n3c4c([Si](C)(C)C)ccc5cc[n+](C)c(c1c23)c54. The number of aromatic nitrogens is 2. The van der Waals surface area contributed by atoms with Crippen LogP contribution in [-0.2, 0) is 7.05 Å². The van der Waals surface area contributed by atoms with Crippen molar-refractivity contribution in [1.82, 2.24) is 4.40 Å². The smallest absolute Gasteiger partial charge is 0.224 e. The third-order valence-electron chi connectivity index (χ3n) is 6.59. The number of fused-ring (bicyclic) bond motifs is 5. The first kappa shape index (κ1) is 17.0. The summed E-state index contributed by atoms with van der Waals surface area (Å²) in [5.41, 5.74) is 6.80. The van der Waals surface area contributed by atoms with E-state index in [1.165, 1.54) is 59.7 Å². The fourth-order valence-electron chi connectivity index (χ4n) is 5.27. The summed E-state index contributed by atoms with van der Waals surface area (Å²) in [5, 5.41) is 8.35. The summed E-state index contributed by atoms with van der Waals surface area (Å²) in [5.74, 6) is 0. The van der Waals surface area contributed by atoms with Crippen molar-refractivity contribution in [2.75, 3.05) is 0 Å². The molecule has 0 amide bonds. The van der Waals surface area contributed by atoms with Crippen LogP contribution in [0.15, 0.2) is 60.8 Å². The van der Waals surface area contributed by atoms with Crippen LogP contribution >= 0.6 is 0 Å². The average molecular weight is 394 g/mol. The van der Waals surface area contributed by atoms with Crippen LogP contribution in [0.4, 0.5) is 0 Å². The second kappa shape index (κ2) is 5.36. The number of rotatable bonds is 1. The maximum Gasteiger partial charge on any atom is 0.224 e. The molecule has 3 heteroatoms. The Labute approximate surface area is 171 Å². The molecule has 2 nitrogen and oxygen atoms in total. The minimum absolute atomic E-state index is 1.32.